The van der Waals surface area contributed by atoms with Gasteiger partial charge in [-0.1, -0.05) is 30.3 Å². The first-order valence-corrected chi connectivity index (χ1v) is 8.00. The SMILES string of the molecule is CCO[Si](CN)(c1ccccc1)C1COC1. The lowest BCUT2D eigenvalue weighted by Gasteiger charge is -2.42. The average molecular weight is 237 g/mol. The van der Waals surface area contributed by atoms with E-state index in [0.29, 0.717) is 11.7 Å². The van der Waals surface area contributed by atoms with E-state index in [-0.39, 0.29) is 0 Å². The molecular formula is C12H19NO2Si. The van der Waals surface area contributed by atoms with E-state index in [1.165, 1.54) is 5.19 Å². The van der Waals surface area contributed by atoms with E-state index < -0.39 is 8.32 Å². The lowest BCUT2D eigenvalue weighted by molar-refractivity contribution is 0.0257. The first-order chi connectivity index (χ1) is 7.83. The van der Waals surface area contributed by atoms with Crippen LogP contribution in [0, 0.1) is 0 Å². The molecule has 1 heterocycles. The Hall–Kier alpha value is -0.683. The molecule has 1 saturated heterocycles. The lowest BCUT2D eigenvalue weighted by atomic mass is 10.4. The Labute approximate surface area is 97.7 Å². The van der Waals surface area contributed by atoms with Crippen LogP contribution in [0.4, 0.5) is 0 Å². The predicted molar refractivity (Wildman–Crippen MR) is 67.1 cm³/mol. The molecule has 2 N–H and O–H groups in total. The van der Waals surface area contributed by atoms with Crippen LogP contribution in [0.2, 0.25) is 5.54 Å². The summed E-state index contributed by atoms with van der Waals surface area (Å²) < 4.78 is 11.4. The first kappa shape index (κ1) is 11.8. The van der Waals surface area contributed by atoms with Gasteiger partial charge in [0.2, 0.25) is 8.32 Å². The summed E-state index contributed by atoms with van der Waals surface area (Å²) in [7, 11) is -2.01. The number of benzene rings is 1. The number of nitrogens with two attached hydrogens (primary N) is 1. The zero-order chi connectivity index (χ0) is 11.4. The predicted octanol–water partition coefficient (Wildman–Crippen LogP) is 0.774. The van der Waals surface area contributed by atoms with Crippen LogP contribution >= 0.6 is 0 Å². The number of hydrogen-bond donors (Lipinski definition) is 1. The molecule has 3 nitrogen and oxygen atoms in total. The zero-order valence-electron chi connectivity index (χ0n) is 9.69. The van der Waals surface area contributed by atoms with Crippen LogP contribution in [0.3, 0.4) is 0 Å². The Morgan fingerprint density at radius 3 is 2.50 bits per heavy atom. The van der Waals surface area contributed by atoms with Crippen LogP contribution in [-0.4, -0.2) is 34.3 Å². The molecular weight excluding hydrogens is 218 g/mol. The third kappa shape index (κ3) is 1.93. The Bertz CT molecular complexity index is 329. The summed E-state index contributed by atoms with van der Waals surface area (Å²) in [5.74, 6) is 0. The van der Waals surface area contributed by atoms with Crippen LogP contribution < -0.4 is 10.9 Å². The highest BCUT2D eigenvalue weighted by Gasteiger charge is 2.47. The maximum atomic E-state index is 6.10. The van der Waals surface area contributed by atoms with Crippen molar-refractivity contribution in [2.24, 2.45) is 5.73 Å². The van der Waals surface area contributed by atoms with Crippen LogP contribution in [0.15, 0.2) is 30.3 Å². The molecule has 0 aromatic heterocycles. The minimum atomic E-state index is -2.01. The summed E-state index contributed by atoms with van der Waals surface area (Å²) in [5.41, 5.74) is 6.53. The van der Waals surface area contributed by atoms with Crippen molar-refractivity contribution < 1.29 is 9.16 Å². The third-order valence-corrected chi connectivity index (χ3v) is 7.64. The van der Waals surface area contributed by atoms with Gasteiger partial charge in [-0.2, -0.15) is 0 Å². The van der Waals surface area contributed by atoms with E-state index in [1.807, 2.05) is 13.0 Å². The van der Waals surface area contributed by atoms with Gasteiger partial charge >= 0.3 is 0 Å². The van der Waals surface area contributed by atoms with Gasteiger partial charge in [0, 0.05) is 18.3 Å². The lowest BCUT2D eigenvalue weighted by Crippen LogP contribution is -2.64. The van der Waals surface area contributed by atoms with Gasteiger partial charge in [0.05, 0.1) is 13.2 Å². The van der Waals surface area contributed by atoms with Crippen LogP contribution in [0.1, 0.15) is 6.92 Å². The molecule has 16 heavy (non-hydrogen) atoms. The van der Waals surface area contributed by atoms with Crippen molar-refractivity contribution >= 4 is 13.5 Å². The monoisotopic (exact) mass is 237 g/mol. The summed E-state index contributed by atoms with van der Waals surface area (Å²) in [6, 6.07) is 10.4. The van der Waals surface area contributed by atoms with Gasteiger partial charge < -0.3 is 14.9 Å². The second-order valence-corrected chi connectivity index (χ2v) is 8.00. The summed E-state index contributed by atoms with van der Waals surface area (Å²) in [6.07, 6.45) is 0.638. The highest BCUT2D eigenvalue weighted by atomic mass is 28.4. The summed E-state index contributed by atoms with van der Waals surface area (Å²) in [5, 5.41) is 1.30. The van der Waals surface area contributed by atoms with Gasteiger partial charge in [-0.05, 0) is 12.1 Å². The molecule has 1 aliphatic rings. The van der Waals surface area contributed by atoms with E-state index in [4.69, 9.17) is 14.9 Å². The van der Waals surface area contributed by atoms with E-state index in [0.717, 1.165) is 19.8 Å². The molecule has 1 aliphatic heterocycles. The van der Waals surface area contributed by atoms with Gasteiger partial charge in [-0.3, -0.25) is 0 Å². The first-order valence-electron chi connectivity index (χ1n) is 5.80. The maximum Gasteiger partial charge on any atom is 0.244 e. The molecule has 0 radical (unpaired) electrons. The smallest absolute Gasteiger partial charge is 0.244 e. The third-order valence-electron chi connectivity index (χ3n) is 3.27. The summed E-state index contributed by atoms with van der Waals surface area (Å²) >= 11 is 0. The molecule has 1 aromatic carbocycles. The zero-order valence-corrected chi connectivity index (χ0v) is 10.7. The van der Waals surface area contributed by atoms with Crippen molar-refractivity contribution in [2.75, 3.05) is 26.0 Å². The minimum Gasteiger partial charge on any atom is -0.411 e. The molecule has 1 unspecified atom stereocenters. The quantitative estimate of drug-likeness (QED) is 0.770. The Morgan fingerprint density at radius 2 is 2.06 bits per heavy atom. The molecule has 88 valence electrons. The van der Waals surface area contributed by atoms with Crippen molar-refractivity contribution in [3.05, 3.63) is 30.3 Å². The molecule has 1 atom stereocenters. The van der Waals surface area contributed by atoms with E-state index in [9.17, 15) is 0 Å². The highest BCUT2D eigenvalue weighted by molar-refractivity contribution is 6.88. The number of rotatable bonds is 5. The summed E-state index contributed by atoms with van der Waals surface area (Å²) in [6.45, 7) is 4.38. The fraction of sp³-hybridized carbons (Fsp3) is 0.500. The van der Waals surface area contributed by atoms with E-state index >= 15 is 0 Å². The minimum absolute atomic E-state index is 0.514. The summed E-state index contributed by atoms with van der Waals surface area (Å²) in [4.78, 5) is 0. The molecule has 1 aromatic rings. The van der Waals surface area contributed by atoms with Gasteiger partial charge in [0.1, 0.15) is 0 Å². The second kappa shape index (κ2) is 5.10. The molecule has 4 heteroatoms. The average Bonchev–Trinajstić information content (AvgIpc) is 2.27. The second-order valence-electron chi connectivity index (χ2n) is 4.13. The van der Waals surface area contributed by atoms with Gasteiger partial charge in [-0.15, -0.1) is 0 Å². The Balaban J connectivity index is 2.31. The van der Waals surface area contributed by atoms with Crippen molar-refractivity contribution in [1.82, 2.24) is 0 Å². The molecule has 0 saturated carbocycles. The van der Waals surface area contributed by atoms with Gasteiger partial charge in [-0.25, -0.2) is 0 Å². The normalized spacial score (nSPS) is 20.1. The van der Waals surface area contributed by atoms with Crippen LogP contribution in [0.5, 0.6) is 0 Å². The molecule has 0 amide bonds. The van der Waals surface area contributed by atoms with Crippen molar-refractivity contribution in [1.29, 1.82) is 0 Å². The molecule has 0 aliphatic carbocycles. The van der Waals surface area contributed by atoms with Crippen LogP contribution in [0.25, 0.3) is 0 Å². The van der Waals surface area contributed by atoms with E-state index in [1.54, 1.807) is 0 Å². The standard InChI is InChI=1S/C12H19NO2Si/c1-2-15-16(10-13,12-8-14-9-12)11-6-4-3-5-7-11/h3-7,12H,2,8-10,13H2,1H3. The van der Waals surface area contributed by atoms with Crippen molar-refractivity contribution in [3.8, 4) is 0 Å². The molecule has 1 fully saturated rings. The van der Waals surface area contributed by atoms with Crippen molar-refractivity contribution in [2.45, 2.75) is 12.5 Å². The largest absolute Gasteiger partial charge is 0.411 e. The maximum absolute atomic E-state index is 6.10. The Morgan fingerprint density at radius 1 is 1.38 bits per heavy atom. The molecule has 0 spiro atoms. The Kier molecular flexibility index (Phi) is 3.76. The number of ether oxygens (including phenoxy) is 1. The van der Waals surface area contributed by atoms with Crippen molar-refractivity contribution in [3.63, 3.8) is 0 Å². The number of hydrogen-bond acceptors (Lipinski definition) is 3. The molecule has 0 bridgehead atoms. The molecule has 2 rings (SSSR count). The van der Waals surface area contributed by atoms with Gasteiger partial charge in [0.15, 0.2) is 0 Å². The van der Waals surface area contributed by atoms with E-state index in [2.05, 4.69) is 24.3 Å². The van der Waals surface area contributed by atoms with Crippen LogP contribution in [-0.2, 0) is 9.16 Å². The topological polar surface area (TPSA) is 44.5 Å². The fourth-order valence-corrected chi connectivity index (χ4v) is 5.87. The fourth-order valence-electron chi connectivity index (χ4n) is 2.26. The van der Waals surface area contributed by atoms with Gasteiger partial charge in [0.25, 0.3) is 0 Å². The highest BCUT2D eigenvalue weighted by Crippen LogP contribution is 2.29.